The molecule has 0 aromatic rings. The van der Waals surface area contributed by atoms with Gasteiger partial charge in [-0.15, -0.1) is 0 Å². The first-order chi connectivity index (χ1) is 9.65. The average Bonchev–Trinajstić information content (AvgIpc) is 2.47. The van der Waals surface area contributed by atoms with E-state index in [2.05, 4.69) is 12.2 Å². The molecular weight excluding hydrogens is 273 g/mol. The summed E-state index contributed by atoms with van der Waals surface area (Å²) in [5.41, 5.74) is 0.935. The fourth-order valence-electron chi connectivity index (χ4n) is 2.82. The van der Waals surface area contributed by atoms with E-state index in [9.17, 15) is 4.39 Å². The van der Waals surface area contributed by atoms with Crippen molar-refractivity contribution in [1.29, 1.82) is 0 Å². The van der Waals surface area contributed by atoms with Gasteiger partial charge in [-0.25, -0.2) is 4.39 Å². The molecule has 3 heteroatoms. The van der Waals surface area contributed by atoms with Gasteiger partial charge in [-0.2, -0.15) is 0 Å². The van der Waals surface area contributed by atoms with Crippen LogP contribution >= 0.6 is 11.6 Å². The topological polar surface area (TPSA) is 12.0 Å². The summed E-state index contributed by atoms with van der Waals surface area (Å²) in [6, 6.07) is 0. The second-order valence-electron chi connectivity index (χ2n) is 5.78. The van der Waals surface area contributed by atoms with Gasteiger partial charge in [0.1, 0.15) is 5.83 Å². The molecule has 0 aliphatic heterocycles. The van der Waals surface area contributed by atoms with E-state index >= 15 is 0 Å². The lowest BCUT2D eigenvalue weighted by atomic mass is 9.83. The zero-order valence-electron chi connectivity index (χ0n) is 13.1. The molecule has 0 amide bonds. The van der Waals surface area contributed by atoms with E-state index < -0.39 is 0 Å². The summed E-state index contributed by atoms with van der Waals surface area (Å²) in [7, 11) is 0. The maximum atomic E-state index is 13.2. The minimum atomic E-state index is -0.0392. The number of nitrogens with one attached hydrogen (secondary N) is 1. The normalized spacial score (nSPS) is 26.8. The standard InChI is InChI=1S/C15H23ClFN.C2H6/c1-11-2-4-12(5-3-11)9-18-10-13-8-14(17)6-7-15(13)16;1-2/h8,11-12,18H,2-7,9-10H2,1H3;1-2H3. The van der Waals surface area contributed by atoms with Crippen molar-refractivity contribution in [3.05, 3.63) is 22.5 Å². The van der Waals surface area contributed by atoms with Crippen LogP contribution < -0.4 is 5.32 Å². The Morgan fingerprint density at radius 1 is 1.20 bits per heavy atom. The summed E-state index contributed by atoms with van der Waals surface area (Å²) in [4.78, 5) is 0. The van der Waals surface area contributed by atoms with E-state index in [1.165, 1.54) is 25.7 Å². The van der Waals surface area contributed by atoms with Gasteiger partial charge >= 0.3 is 0 Å². The van der Waals surface area contributed by atoms with Crippen LogP contribution in [-0.2, 0) is 0 Å². The molecule has 0 saturated heterocycles. The highest BCUT2D eigenvalue weighted by Crippen LogP contribution is 2.29. The molecule has 2 rings (SSSR count). The molecule has 2 aliphatic carbocycles. The molecule has 1 fully saturated rings. The van der Waals surface area contributed by atoms with Crippen LogP contribution in [0.4, 0.5) is 4.39 Å². The Bertz CT molecular complexity index is 341. The smallest absolute Gasteiger partial charge is 0.101 e. The van der Waals surface area contributed by atoms with Crippen molar-refractivity contribution >= 4 is 11.6 Å². The summed E-state index contributed by atoms with van der Waals surface area (Å²) < 4.78 is 13.2. The van der Waals surface area contributed by atoms with Crippen LogP contribution in [0.25, 0.3) is 0 Å². The summed E-state index contributed by atoms with van der Waals surface area (Å²) in [6.07, 6.45) is 8.07. The van der Waals surface area contributed by atoms with Gasteiger partial charge in [0.05, 0.1) is 0 Å². The highest BCUT2D eigenvalue weighted by Gasteiger charge is 2.18. The summed E-state index contributed by atoms with van der Waals surface area (Å²) in [5.74, 6) is 1.65. The molecule has 0 bridgehead atoms. The van der Waals surface area contributed by atoms with Crippen LogP contribution in [0.5, 0.6) is 0 Å². The van der Waals surface area contributed by atoms with Crippen LogP contribution in [0.2, 0.25) is 0 Å². The molecule has 0 radical (unpaired) electrons. The van der Waals surface area contributed by atoms with Crippen molar-refractivity contribution in [1.82, 2.24) is 5.32 Å². The van der Waals surface area contributed by atoms with Crippen LogP contribution in [0.3, 0.4) is 0 Å². The van der Waals surface area contributed by atoms with Gasteiger partial charge in [-0.05, 0) is 49.3 Å². The van der Waals surface area contributed by atoms with Gasteiger partial charge in [0, 0.05) is 18.0 Å². The van der Waals surface area contributed by atoms with E-state index in [1.807, 2.05) is 13.8 Å². The molecule has 0 unspecified atom stereocenters. The number of halogens is 2. The maximum Gasteiger partial charge on any atom is 0.101 e. The molecule has 0 atom stereocenters. The Morgan fingerprint density at radius 3 is 2.50 bits per heavy atom. The van der Waals surface area contributed by atoms with E-state index in [4.69, 9.17) is 11.6 Å². The highest BCUT2D eigenvalue weighted by molar-refractivity contribution is 6.30. The molecule has 0 aromatic heterocycles. The van der Waals surface area contributed by atoms with Gasteiger partial charge in [-0.1, -0.05) is 45.2 Å². The Kier molecular flexibility index (Phi) is 8.47. The average molecular weight is 302 g/mol. The SMILES string of the molecule is CC.CC1CCC(CNCC2=C(Cl)CCC(F)=C2)CC1. The first kappa shape index (κ1) is 17.7. The third kappa shape index (κ3) is 5.97. The number of rotatable bonds is 4. The molecule has 1 saturated carbocycles. The summed E-state index contributed by atoms with van der Waals surface area (Å²) >= 11 is 6.12. The zero-order valence-corrected chi connectivity index (χ0v) is 13.9. The van der Waals surface area contributed by atoms with Crippen LogP contribution in [-0.4, -0.2) is 13.1 Å². The van der Waals surface area contributed by atoms with Crippen molar-refractivity contribution in [3.63, 3.8) is 0 Å². The van der Waals surface area contributed by atoms with Crippen molar-refractivity contribution in [3.8, 4) is 0 Å². The fourth-order valence-corrected chi connectivity index (χ4v) is 3.04. The lowest BCUT2D eigenvalue weighted by molar-refractivity contribution is 0.284. The van der Waals surface area contributed by atoms with Crippen molar-refractivity contribution in [2.75, 3.05) is 13.1 Å². The molecule has 1 nitrogen and oxygen atoms in total. The van der Waals surface area contributed by atoms with Gasteiger partial charge in [-0.3, -0.25) is 0 Å². The minimum Gasteiger partial charge on any atom is -0.312 e. The van der Waals surface area contributed by atoms with E-state index in [0.29, 0.717) is 19.4 Å². The molecule has 0 spiro atoms. The Hall–Kier alpha value is -0.340. The lowest BCUT2D eigenvalue weighted by Gasteiger charge is -2.26. The highest BCUT2D eigenvalue weighted by atomic mass is 35.5. The quantitative estimate of drug-likeness (QED) is 0.716. The first-order valence-corrected chi connectivity index (χ1v) is 8.47. The minimum absolute atomic E-state index is 0.0392. The molecule has 0 aromatic carbocycles. The van der Waals surface area contributed by atoms with Crippen molar-refractivity contribution in [2.45, 2.75) is 59.3 Å². The van der Waals surface area contributed by atoms with Crippen LogP contribution in [0.1, 0.15) is 59.3 Å². The number of allylic oxidation sites excluding steroid dienone is 2. The van der Waals surface area contributed by atoms with Crippen molar-refractivity contribution in [2.24, 2.45) is 11.8 Å². The predicted octanol–water partition coefficient (Wildman–Crippen LogP) is 5.57. The zero-order chi connectivity index (χ0) is 15.0. The first-order valence-electron chi connectivity index (χ1n) is 8.09. The fraction of sp³-hybridized carbons (Fsp3) is 0.765. The van der Waals surface area contributed by atoms with Crippen molar-refractivity contribution < 1.29 is 4.39 Å². The maximum absolute atomic E-state index is 13.2. The van der Waals surface area contributed by atoms with E-state index in [0.717, 1.165) is 29.0 Å². The largest absolute Gasteiger partial charge is 0.312 e. The third-order valence-corrected chi connectivity index (χ3v) is 4.58. The van der Waals surface area contributed by atoms with Crippen LogP contribution in [0.15, 0.2) is 22.5 Å². The van der Waals surface area contributed by atoms with Gasteiger partial charge in [0.2, 0.25) is 0 Å². The molecule has 2 aliphatic rings. The molecule has 1 N–H and O–H groups in total. The van der Waals surface area contributed by atoms with Gasteiger partial charge in [0.15, 0.2) is 0 Å². The van der Waals surface area contributed by atoms with E-state index in [1.54, 1.807) is 6.08 Å². The predicted molar refractivity (Wildman–Crippen MR) is 86.6 cm³/mol. The van der Waals surface area contributed by atoms with Gasteiger partial charge < -0.3 is 5.32 Å². The molecule has 20 heavy (non-hydrogen) atoms. The van der Waals surface area contributed by atoms with Crippen LogP contribution in [0, 0.1) is 11.8 Å². The Labute approximate surface area is 128 Å². The van der Waals surface area contributed by atoms with E-state index in [-0.39, 0.29) is 5.83 Å². The third-order valence-electron chi connectivity index (χ3n) is 4.15. The molecule has 0 heterocycles. The second kappa shape index (κ2) is 9.57. The Balaban J connectivity index is 0.000000956. The summed E-state index contributed by atoms with van der Waals surface area (Å²) in [5, 5.41) is 4.26. The lowest BCUT2D eigenvalue weighted by Crippen LogP contribution is -2.27. The summed E-state index contributed by atoms with van der Waals surface area (Å²) in [6.45, 7) is 8.08. The molecular formula is C17H29ClFN. The number of hydrogen-bond donors (Lipinski definition) is 1. The monoisotopic (exact) mass is 301 g/mol. The Morgan fingerprint density at radius 2 is 1.85 bits per heavy atom. The van der Waals surface area contributed by atoms with Gasteiger partial charge in [0.25, 0.3) is 0 Å². The number of hydrogen-bond acceptors (Lipinski definition) is 1. The molecule has 116 valence electrons. The second-order valence-corrected chi connectivity index (χ2v) is 6.23.